The minimum absolute atomic E-state index is 0. The molecule has 163 valence electrons. The molecule has 32 heavy (non-hydrogen) atoms. The summed E-state index contributed by atoms with van der Waals surface area (Å²) in [5.41, 5.74) is 9.24. The van der Waals surface area contributed by atoms with Crippen molar-refractivity contribution >= 4 is 34.9 Å². The maximum Gasteiger partial charge on any atom is 0.146 e. The minimum atomic E-state index is 0. The van der Waals surface area contributed by atoms with Crippen LogP contribution in [0, 0.1) is 6.08 Å². The zero-order valence-corrected chi connectivity index (χ0v) is 23.5. The number of quaternary nitrogens is 1. The molecule has 2 aliphatic carbocycles. The number of rotatable bonds is 2. The van der Waals surface area contributed by atoms with Gasteiger partial charge in [-0.2, -0.15) is 11.8 Å². The van der Waals surface area contributed by atoms with Crippen molar-refractivity contribution in [3.8, 4) is 0 Å². The molecule has 2 aliphatic heterocycles. The fourth-order valence-electron chi connectivity index (χ4n) is 5.55. The van der Waals surface area contributed by atoms with Crippen LogP contribution < -0.4 is 9.80 Å². The second-order valence-corrected chi connectivity index (χ2v) is 11.4. The number of hydrogen-bond acceptors (Lipinski definition) is 3. The maximum atomic E-state index is 3.57. The molecule has 2 nitrogen and oxygen atoms in total. The fourth-order valence-corrected chi connectivity index (χ4v) is 8.22. The molecule has 0 spiro atoms. The molecule has 0 bridgehead atoms. The molecular weight excluding hydrogens is 505 g/mol. The van der Waals surface area contributed by atoms with Crippen LogP contribution in [0.5, 0.6) is 0 Å². The van der Waals surface area contributed by atoms with Crippen LogP contribution in [0.2, 0.25) is 0 Å². The van der Waals surface area contributed by atoms with Gasteiger partial charge >= 0.3 is 0 Å². The summed E-state index contributed by atoms with van der Waals surface area (Å²) in [4.78, 5) is 6.88. The Balaban J connectivity index is 0.00000216. The first kappa shape index (κ1) is 23.2. The second kappa shape index (κ2) is 9.62. The van der Waals surface area contributed by atoms with Crippen molar-refractivity contribution in [1.29, 1.82) is 0 Å². The van der Waals surface area contributed by atoms with E-state index in [1.165, 1.54) is 77.6 Å². The molecule has 0 saturated carbocycles. The van der Waals surface area contributed by atoms with Gasteiger partial charge in [-0.1, -0.05) is 28.9 Å². The van der Waals surface area contributed by atoms with Gasteiger partial charge < -0.3 is 4.90 Å². The first-order valence-corrected chi connectivity index (χ1v) is 13.4. The molecule has 0 saturated heterocycles. The first-order valence-electron chi connectivity index (χ1n) is 11.7. The number of hydrogen-bond donors (Lipinski definition) is 1. The van der Waals surface area contributed by atoms with E-state index in [4.69, 9.17) is 0 Å². The molecule has 0 amide bonds. The topological polar surface area (TPSA) is 7.68 Å². The third kappa shape index (κ3) is 3.98. The summed E-state index contributed by atoms with van der Waals surface area (Å²) < 4.78 is 0. The smallest absolute Gasteiger partial charge is 0.146 e. The van der Waals surface area contributed by atoms with Gasteiger partial charge in [0.25, 0.3) is 0 Å². The monoisotopic (exact) mass is 535 g/mol. The molecule has 1 N–H and O–H groups in total. The quantitative estimate of drug-likeness (QED) is 0.511. The van der Waals surface area contributed by atoms with E-state index in [9.17, 15) is 0 Å². The van der Waals surface area contributed by atoms with Crippen molar-refractivity contribution < 1.29 is 37.6 Å². The number of thioether (sulfide) groups is 2. The van der Waals surface area contributed by atoms with E-state index in [1.807, 2.05) is 23.5 Å². The zero-order chi connectivity index (χ0) is 20.9. The summed E-state index contributed by atoms with van der Waals surface area (Å²) >= 11 is 3.98. The number of aryl methyl sites for hydroxylation is 2. The Labute approximate surface area is 226 Å². The summed E-state index contributed by atoms with van der Waals surface area (Å²) in [6, 6.07) is 9.44. The average molecular weight is 536 g/mol. The van der Waals surface area contributed by atoms with Gasteiger partial charge in [0.2, 0.25) is 0 Å². The fraction of sp³-hybridized carbons (Fsp3) is 0.407. The van der Waals surface area contributed by atoms with Crippen LogP contribution in [-0.2, 0) is 58.4 Å². The molecule has 0 fully saturated rings. The predicted octanol–water partition coefficient (Wildman–Crippen LogP) is 5.46. The number of nitrogens with zero attached hydrogens (tertiary/aromatic N) is 1. The number of benzene rings is 2. The van der Waals surface area contributed by atoms with Crippen LogP contribution in [0.25, 0.3) is 0 Å². The van der Waals surface area contributed by atoms with Crippen LogP contribution in [0.3, 0.4) is 0 Å². The van der Waals surface area contributed by atoms with Crippen molar-refractivity contribution in [2.45, 2.75) is 66.5 Å². The zero-order valence-electron chi connectivity index (χ0n) is 19.0. The molecule has 2 unspecified atom stereocenters. The Morgan fingerprint density at radius 3 is 2.34 bits per heavy atom. The van der Waals surface area contributed by atoms with E-state index in [-0.39, 0.29) is 32.7 Å². The van der Waals surface area contributed by atoms with Crippen LogP contribution >= 0.6 is 23.5 Å². The van der Waals surface area contributed by atoms with E-state index in [2.05, 4.69) is 61.5 Å². The summed E-state index contributed by atoms with van der Waals surface area (Å²) in [6.45, 7) is 0. The molecule has 5 heteroatoms. The van der Waals surface area contributed by atoms with Gasteiger partial charge in [0.15, 0.2) is 0 Å². The number of fused-ring (bicyclic) bond motifs is 6. The number of nitrogens with one attached hydrogen (secondary N) is 1. The van der Waals surface area contributed by atoms with Gasteiger partial charge in [-0.15, -0.1) is 6.08 Å². The summed E-state index contributed by atoms with van der Waals surface area (Å²) in [5.74, 6) is 0. The van der Waals surface area contributed by atoms with Crippen LogP contribution in [-0.4, -0.2) is 19.5 Å². The van der Waals surface area contributed by atoms with Crippen molar-refractivity contribution in [1.82, 2.24) is 0 Å². The third-order valence-electron chi connectivity index (χ3n) is 7.39. The SMILES string of the molecule is CN1/C(=C/[C-]=CC2Sc3c(ccc4c3CCCC4)[NH+]2C)Sc2c1ccc1c2CCCC1.[Y]. The summed E-state index contributed by atoms with van der Waals surface area (Å²) in [5, 5.41) is 1.70. The molecule has 1 radical (unpaired) electrons. The molecule has 2 heterocycles. The van der Waals surface area contributed by atoms with Gasteiger partial charge in [-0.3, -0.25) is 4.90 Å². The van der Waals surface area contributed by atoms with Crippen molar-refractivity contribution in [3.05, 3.63) is 69.8 Å². The van der Waals surface area contributed by atoms with E-state index in [0.29, 0.717) is 5.37 Å². The number of allylic oxidation sites excluding steroid dienone is 2. The van der Waals surface area contributed by atoms with Gasteiger partial charge in [0.1, 0.15) is 11.1 Å². The largest absolute Gasteiger partial charge is 0.416 e. The Morgan fingerprint density at radius 1 is 0.938 bits per heavy atom. The average Bonchev–Trinajstić information content (AvgIpc) is 3.31. The van der Waals surface area contributed by atoms with Gasteiger partial charge in [0.05, 0.1) is 11.9 Å². The van der Waals surface area contributed by atoms with E-state index >= 15 is 0 Å². The van der Waals surface area contributed by atoms with Crippen molar-refractivity contribution in [3.63, 3.8) is 0 Å². The summed E-state index contributed by atoms with van der Waals surface area (Å²) in [7, 11) is 4.51. The van der Waals surface area contributed by atoms with Crippen molar-refractivity contribution in [2.24, 2.45) is 0 Å². The summed E-state index contributed by atoms with van der Waals surface area (Å²) in [6.07, 6.45) is 18.4. The number of anilines is 1. The van der Waals surface area contributed by atoms with Gasteiger partial charge in [-0.05, 0) is 86.7 Å². The Kier molecular flexibility index (Phi) is 6.99. The van der Waals surface area contributed by atoms with E-state index in [1.54, 1.807) is 27.1 Å². The van der Waals surface area contributed by atoms with Crippen LogP contribution in [0.1, 0.15) is 47.9 Å². The molecule has 4 aliphatic rings. The normalized spacial score (nSPS) is 24.8. The Morgan fingerprint density at radius 2 is 1.59 bits per heavy atom. The van der Waals surface area contributed by atoms with Crippen molar-refractivity contribution in [2.75, 3.05) is 19.0 Å². The third-order valence-corrected chi connectivity index (χ3v) is 10.1. The second-order valence-electron chi connectivity index (χ2n) is 9.24. The van der Waals surface area contributed by atoms with Gasteiger partial charge in [0, 0.05) is 49.4 Å². The predicted molar refractivity (Wildman–Crippen MR) is 133 cm³/mol. The molecule has 6 rings (SSSR count). The van der Waals surface area contributed by atoms with E-state index < -0.39 is 0 Å². The maximum absolute atomic E-state index is 3.57. The van der Waals surface area contributed by atoms with Crippen LogP contribution in [0.4, 0.5) is 11.4 Å². The molecule has 2 atom stereocenters. The first-order chi connectivity index (χ1) is 15.2. The van der Waals surface area contributed by atoms with Crippen LogP contribution in [0.15, 0.2) is 51.2 Å². The Hall–Kier alpha value is -0.516. The number of likely N-dealkylation sites (N-methyl/N-ethyl adjacent to an activating group) is 1. The van der Waals surface area contributed by atoms with E-state index in [0.717, 1.165) is 0 Å². The Bertz CT molecular complexity index is 1110. The standard InChI is InChI=1S/C27H29N2S2.Y/c1-28-22-16-14-18-8-3-5-10-20(18)26(22)30-24(28)12-7-13-25-29(2)23-17-15-19-9-4-6-11-21(19)27(23)31-25;/h12-17,24H,3-6,8-11H2,1-2H3;/q-1;/p+1/b25-13-;. The molecule has 2 aromatic rings. The molecular formula is C27H30N2S2Y. The molecule has 0 aromatic heterocycles. The minimum Gasteiger partial charge on any atom is -0.416 e. The van der Waals surface area contributed by atoms with Gasteiger partial charge in [-0.25, -0.2) is 12.2 Å². The molecule has 2 aromatic carbocycles.